The fourth-order valence-electron chi connectivity index (χ4n) is 2.17. The number of fused-ring (bicyclic) bond motifs is 5. The molecule has 0 aliphatic carbocycles. The minimum atomic E-state index is -0.0770. The largest absolute Gasteiger partial charge is 0.465 e. The summed E-state index contributed by atoms with van der Waals surface area (Å²) in [5, 5.41) is 0. The molecule has 4 atom stereocenters. The van der Waals surface area contributed by atoms with E-state index in [4.69, 9.17) is 9.47 Å². The lowest BCUT2D eigenvalue weighted by Crippen LogP contribution is -2.24. The highest BCUT2D eigenvalue weighted by atomic mass is 16.6. The maximum Gasteiger partial charge on any atom is 0.312 e. The van der Waals surface area contributed by atoms with E-state index in [0.717, 1.165) is 0 Å². The van der Waals surface area contributed by atoms with E-state index in [1.807, 2.05) is 12.2 Å². The Balaban J connectivity index is 2.03. The molecular weight excluding hydrogens is 144 g/mol. The van der Waals surface area contributed by atoms with E-state index >= 15 is 0 Å². The third-order valence-electron chi connectivity index (χ3n) is 2.73. The van der Waals surface area contributed by atoms with Gasteiger partial charge in [0.1, 0.15) is 0 Å². The zero-order valence-corrected chi connectivity index (χ0v) is 5.90. The van der Waals surface area contributed by atoms with Crippen LogP contribution in [0.5, 0.6) is 0 Å². The summed E-state index contributed by atoms with van der Waals surface area (Å²) in [6.07, 6.45) is 4.17. The molecule has 3 nitrogen and oxygen atoms in total. The van der Waals surface area contributed by atoms with Gasteiger partial charge in [0.25, 0.3) is 0 Å². The van der Waals surface area contributed by atoms with Crippen molar-refractivity contribution in [2.75, 3.05) is 6.61 Å². The standard InChI is InChI=1S/C8H8O3/c9-8-7-4(3-10-8)5-1-2-6(7)11-5/h1-2,4-7H,3H2/t4-,5+,6+,7+/m0/s1. The molecule has 3 rings (SSSR count). The number of carbonyl (C=O) groups is 1. The zero-order chi connectivity index (χ0) is 7.42. The molecule has 0 radical (unpaired) electrons. The van der Waals surface area contributed by atoms with Crippen LogP contribution in [0.3, 0.4) is 0 Å². The lowest BCUT2D eigenvalue weighted by atomic mass is 9.86. The number of cyclic esters (lactones) is 1. The number of hydrogen-bond acceptors (Lipinski definition) is 3. The fourth-order valence-corrected chi connectivity index (χ4v) is 2.17. The summed E-state index contributed by atoms with van der Waals surface area (Å²) in [6, 6.07) is 0. The van der Waals surface area contributed by atoms with Crippen LogP contribution in [0.15, 0.2) is 12.2 Å². The Hall–Kier alpha value is -0.830. The Bertz CT molecular complexity index is 246. The Morgan fingerprint density at radius 3 is 3.00 bits per heavy atom. The first-order valence-corrected chi connectivity index (χ1v) is 3.87. The van der Waals surface area contributed by atoms with Crippen LogP contribution in [-0.2, 0) is 14.3 Å². The van der Waals surface area contributed by atoms with Crippen LogP contribution in [0.25, 0.3) is 0 Å². The maximum absolute atomic E-state index is 11.1. The summed E-state index contributed by atoms with van der Waals surface area (Å²) in [5.74, 6) is 0.231. The van der Waals surface area contributed by atoms with Crippen molar-refractivity contribution in [3.05, 3.63) is 12.2 Å². The fraction of sp³-hybridized carbons (Fsp3) is 0.625. The van der Waals surface area contributed by atoms with Crippen molar-refractivity contribution in [2.45, 2.75) is 12.2 Å². The second-order valence-electron chi connectivity index (χ2n) is 3.27. The molecule has 2 fully saturated rings. The van der Waals surface area contributed by atoms with Gasteiger partial charge in [0.2, 0.25) is 0 Å². The average molecular weight is 152 g/mol. The molecule has 58 valence electrons. The Labute approximate surface area is 64.0 Å². The van der Waals surface area contributed by atoms with E-state index in [1.54, 1.807) is 0 Å². The van der Waals surface area contributed by atoms with E-state index in [-0.39, 0.29) is 24.1 Å². The Kier molecular flexibility index (Phi) is 0.874. The van der Waals surface area contributed by atoms with Gasteiger partial charge in [-0.25, -0.2) is 0 Å². The van der Waals surface area contributed by atoms with Gasteiger partial charge >= 0.3 is 5.97 Å². The van der Waals surface area contributed by atoms with Gasteiger partial charge in [0, 0.05) is 5.92 Å². The first-order valence-electron chi connectivity index (χ1n) is 3.87. The molecule has 3 heterocycles. The van der Waals surface area contributed by atoms with Crippen LogP contribution >= 0.6 is 0 Å². The molecule has 0 N–H and O–H groups in total. The smallest absolute Gasteiger partial charge is 0.312 e. The number of ether oxygens (including phenoxy) is 2. The van der Waals surface area contributed by atoms with Crippen molar-refractivity contribution >= 4 is 5.97 Å². The third kappa shape index (κ3) is 0.554. The Morgan fingerprint density at radius 2 is 2.18 bits per heavy atom. The molecule has 0 aromatic heterocycles. The average Bonchev–Trinajstić information content (AvgIpc) is 2.60. The van der Waals surface area contributed by atoms with Crippen LogP contribution in [0.2, 0.25) is 0 Å². The maximum atomic E-state index is 11.1. The van der Waals surface area contributed by atoms with Crippen molar-refractivity contribution < 1.29 is 14.3 Å². The van der Waals surface area contributed by atoms with E-state index < -0.39 is 0 Å². The van der Waals surface area contributed by atoms with Crippen molar-refractivity contribution in [1.82, 2.24) is 0 Å². The molecule has 2 bridgehead atoms. The monoisotopic (exact) mass is 152 g/mol. The molecule has 3 aliphatic heterocycles. The highest BCUT2D eigenvalue weighted by Crippen LogP contribution is 2.42. The summed E-state index contributed by atoms with van der Waals surface area (Å²) in [7, 11) is 0. The van der Waals surface area contributed by atoms with Crippen molar-refractivity contribution in [3.8, 4) is 0 Å². The van der Waals surface area contributed by atoms with Gasteiger partial charge in [0.15, 0.2) is 0 Å². The van der Waals surface area contributed by atoms with Gasteiger partial charge in [-0.3, -0.25) is 4.79 Å². The van der Waals surface area contributed by atoms with E-state index in [2.05, 4.69) is 0 Å². The minimum Gasteiger partial charge on any atom is -0.465 e. The minimum absolute atomic E-state index is 0.00463. The Morgan fingerprint density at radius 1 is 1.36 bits per heavy atom. The molecule has 3 aliphatic rings. The lowest BCUT2D eigenvalue weighted by molar-refractivity contribution is -0.143. The van der Waals surface area contributed by atoms with Crippen LogP contribution in [0, 0.1) is 11.8 Å². The quantitative estimate of drug-likeness (QED) is 0.365. The van der Waals surface area contributed by atoms with Gasteiger partial charge in [-0.1, -0.05) is 12.2 Å². The number of esters is 1. The van der Waals surface area contributed by atoms with E-state index in [1.165, 1.54) is 0 Å². The molecule has 0 unspecified atom stereocenters. The van der Waals surface area contributed by atoms with Gasteiger partial charge in [-0.15, -0.1) is 0 Å². The molecule has 0 spiro atoms. The molecule has 0 amide bonds. The SMILES string of the molecule is O=C1OC[C@@H]2[C@@H]1[C@H]1C=C[C@H]2O1. The molecule has 0 aromatic rings. The van der Waals surface area contributed by atoms with Crippen LogP contribution < -0.4 is 0 Å². The normalized spacial score (nSPS) is 51.5. The molecular formula is C8H8O3. The topological polar surface area (TPSA) is 35.5 Å². The van der Waals surface area contributed by atoms with E-state index in [9.17, 15) is 4.79 Å². The van der Waals surface area contributed by atoms with Gasteiger partial charge < -0.3 is 9.47 Å². The summed E-state index contributed by atoms with van der Waals surface area (Å²) in [5.41, 5.74) is 0. The highest BCUT2D eigenvalue weighted by molar-refractivity contribution is 5.77. The second-order valence-corrected chi connectivity index (χ2v) is 3.27. The zero-order valence-electron chi connectivity index (χ0n) is 5.90. The molecule has 3 heteroatoms. The van der Waals surface area contributed by atoms with Gasteiger partial charge in [0.05, 0.1) is 24.7 Å². The number of carbonyl (C=O) groups excluding carboxylic acids is 1. The third-order valence-corrected chi connectivity index (χ3v) is 2.73. The second kappa shape index (κ2) is 1.67. The van der Waals surface area contributed by atoms with Crippen LogP contribution in [0.1, 0.15) is 0 Å². The first kappa shape index (κ1) is 5.77. The van der Waals surface area contributed by atoms with Crippen molar-refractivity contribution in [2.24, 2.45) is 11.8 Å². The first-order chi connectivity index (χ1) is 5.36. The van der Waals surface area contributed by atoms with Crippen LogP contribution in [0.4, 0.5) is 0 Å². The summed E-state index contributed by atoms with van der Waals surface area (Å²) in [4.78, 5) is 11.1. The summed E-state index contributed by atoms with van der Waals surface area (Å²) < 4.78 is 10.4. The summed E-state index contributed by atoms with van der Waals surface area (Å²) >= 11 is 0. The lowest BCUT2D eigenvalue weighted by Gasteiger charge is -2.09. The van der Waals surface area contributed by atoms with Crippen molar-refractivity contribution in [3.63, 3.8) is 0 Å². The molecule has 0 aromatic carbocycles. The van der Waals surface area contributed by atoms with E-state index in [0.29, 0.717) is 12.5 Å². The number of hydrogen-bond donors (Lipinski definition) is 0. The van der Waals surface area contributed by atoms with Gasteiger partial charge in [-0.05, 0) is 0 Å². The predicted molar refractivity (Wildman–Crippen MR) is 35.7 cm³/mol. The van der Waals surface area contributed by atoms with Crippen LogP contribution in [-0.4, -0.2) is 24.8 Å². The highest BCUT2D eigenvalue weighted by Gasteiger charge is 2.54. The summed E-state index contributed by atoms with van der Waals surface area (Å²) in [6.45, 7) is 0.551. The number of rotatable bonds is 0. The molecule has 11 heavy (non-hydrogen) atoms. The predicted octanol–water partition coefficient (Wildman–Crippen LogP) is 0.113. The molecule has 0 saturated carbocycles. The van der Waals surface area contributed by atoms with Gasteiger partial charge in [-0.2, -0.15) is 0 Å². The van der Waals surface area contributed by atoms with Crippen molar-refractivity contribution in [1.29, 1.82) is 0 Å². The molecule has 2 saturated heterocycles.